The molecule has 0 aliphatic carbocycles. The van der Waals surface area contributed by atoms with Crippen molar-refractivity contribution in [1.82, 2.24) is 14.8 Å². The number of thioether (sulfide) groups is 1. The Balaban J connectivity index is 1.57. The lowest BCUT2D eigenvalue weighted by Crippen LogP contribution is -2.18. The normalized spacial score (nSPS) is 10.7. The first-order valence-electron chi connectivity index (χ1n) is 10.1. The van der Waals surface area contributed by atoms with Crippen LogP contribution in [0.3, 0.4) is 0 Å². The first-order chi connectivity index (χ1) is 15.3. The third kappa shape index (κ3) is 5.88. The molecule has 2 amide bonds. The molecule has 0 saturated carbocycles. The fraction of sp³-hybridized carbons (Fsp3) is 0.304. The molecule has 0 unspecified atom stereocenters. The minimum Gasteiger partial charge on any atom is -0.495 e. The maximum Gasteiger partial charge on any atom is 0.234 e. The van der Waals surface area contributed by atoms with Crippen molar-refractivity contribution in [3.8, 4) is 5.75 Å². The highest BCUT2D eigenvalue weighted by Crippen LogP contribution is 2.26. The van der Waals surface area contributed by atoms with Crippen LogP contribution in [0.5, 0.6) is 5.75 Å². The second-order valence-electron chi connectivity index (χ2n) is 7.54. The van der Waals surface area contributed by atoms with E-state index in [1.54, 1.807) is 18.7 Å². The van der Waals surface area contributed by atoms with E-state index in [9.17, 15) is 9.59 Å². The van der Waals surface area contributed by atoms with Crippen LogP contribution in [0, 0.1) is 20.8 Å². The maximum absolute atomic E-state index is 12.5. The third-order valence-electron chi connectivity index (χ3n) is 4.86. The van der Waals surface area contributed by atoms with Crippen molar-refractivity contribution in [2.75, 3.05) is 23.5 Å². The number of carbonyl (C=O) groups excluding carboxylic acids is 2. The van der Waals surface area contributed by atoms with E-state index < -0.39 is 0 Å². The Labute approximate surface area is 191 Å². The third-order valence-corrected chi connectivity index (χ3v) is 5.88. The van der Waals surface area contributed by atoms with Gasteiger partial charge in [0.1, 0.15) is 11.6 Å². The lowest BCUT2D eigenvalue weighted by molar-refractivity contribution is -0.116. The number of rotatable bonds is 8. The molecule has 3 rings (SSSR count). The number of carbonyl (C=O) groups is 2. The highest BCUT2D eigenvalue weighted by molar-refractivity contribution is 7.99. The molecular weight excluding hydrogens is 426 g/mol. The molecule has 1 heterocycles. The molecule has 0 radical (unpaired) electrons. The van der Waals surface area contributed by atoms with Crippen LogP contribution in [-0.2, 0) is 23.1 Å². The van der Waals surface area contributed by atoms with Crippen LogP contribution >= 0.6 is 11.8 Å². The lowest BCUT2D eigenvalue weighted by atomic mass is 10.1. The van der Waals surface area contributed by atoms with Gasteiger partial charge >= 0.3 is 0 Å². The molecule has 32 heavy (non-hydrogen) atoms. The maximum atomic E-state index is 12.5. The van der Waals surface area contributed by atoms with Crippen LogP contribution < -0.4 is 15.4 Å². The van der Waals surface area contributed by atoms with Crippen molar-refractivity contribution in [2.45, 2.75) is 32.3 Å². The summed E-state index contributed by atoms with van der Waals surface area (Å²) in [5.74, 6) is 0.919. The van der Waals surface area contributed by atoms with Gasteiger partial charge in [-0.3, -0.25) is 9.59 Å². The van der Waals surface area contributed by atoms with Gasteiger partial charge in [0, 0.05) is 12.7 Å². The summed E-state index contributed by atoms with van der Waals surface area (Å²) in [6, 6.07) is 11.5. The van der Waals surface area contributed by atoms with Gasteiger partial charge in [-0.15, -0.1) is 10.2 Å². The summed E-state index contributed by atoms with van der Waals surface area (Å²) >= 11 is 1.25. The number of nitrogens with one attached hydrogen (secondary N) is 2. The van der Waals surface area contributed by atoms with Crippen LogP contribution in [0.15, 0.2) is 41.6 Å². The molecule has 2 aromatic carbocycles. The predicted octanol–water partition coefficient (Wildman–Crippen LogP) is 3.66. The average Bonchev–Trinajstić information content (AvgIpc) is 3.08. The summed E-state index contributed by atoms with van der Waals surface area (Å²) in [6.07, 6.45) is 0.0874. The van der Waals surface area contributed by atoms with Gasteiger partial charge in [-0.25, -0.2) is 0 Å². The molecule has 0 bridgehead atoms. The number of hydrogen-bond donors (Lipinski definition) is 2. The molecule has 0 spiro atoms. The van der Waals surface area contributed by atoms with Crippen molar-refractivity contribution in [1.29, 1.82) is 0 Å². The highest BCUT2D eigenvalue weighted by atomic mass is 32.2. The number of ether oxygens (including phenoxy) is 1. The quantitative estimate of drug-likeness (QED) is 0.505. The Morgan fingerprint density at radius 1 is 0.969 bits per heavy atom. The molecule has 0 fully saturated rings. The lowest BCUT2D eigenvalue weighted by Gasteiger charge is -2.11. The van der Waals surface area contributed by atoms with Gasteiger partial charge in [-0.2, -0.15) is 0 Å². The Morgan fingerprint density at radius 2 is 1.66 bits per heavy atom. The number of methoxy groups -OCH3 is 1. The minimum absolute atomic E-state index is 0.0874. The zero-order chi connectivity index (χ0) is 23.3. The molecule has 3 aromatic rings. The standard InChI is InChI=1S/C23H27N5O3S/c1-14-6-8-17(16(3)10-14)24-21(29)12-20-26-27-23(28(20)4)32-13-22(30)25-18-11-15(2)7-9-19(18)31-5/h6-11H,12-13H2,1-5H3,(H,24,29)(H,25,30). The smallest absolute Gasteiger partial charge is 0.234 e. The van der Waals surface area contributed by atoms with Crippen molar-refractivity contribution in [3.63, 3.8) is 0 Å². The van der Waals surface area contributed by atoms with Crippen LogP contribution in [0.1, 0.15) is 22.5 Å². The minimum atomic E-state index is -0.184. The molecule has 8 nitrogen and oxygen atoms in total. The Kier molecular flexibility index (Phi) is 7.53. The zero-order valence-electron chi connectivity index (χ0n) is 18.9. The van der Waals surface area contributed by atoms with Gasteiger partial charge in [0.25, 0.3) is 0 Å². The Morgan fingerprint density at radius 3 is 2.38 bits per heavy atom. The molecule has 1 aromatic heterocycles. The number of nitrogens with zero attached hydrogens (tertiary/aromatic N) is 3. The van der Waals surface area contributed by atoms with E-state index in [0.717, 1.165) is 22.4 Å². The topological polar surface area (TPSA) is 98.1 Å². The number of benzene rings is 2. The van der Waals surface area contributed by atoms with Crippen LogP contribution in [0.4, 0.5) is 11.4 Å². The molecule has 0 aliphatic heterocycles. The number of anilines is 2. The van der Waals surface area contributed by atoms with E-state index >= 15 is 0 Å². The van der Waals surface area contributed by atoms with Crippen LogP contribution in [-0.4, -0.2) is 39.4 Å². The molecule has 168 valence electrons. The van der Waals surface area contributed by atoms with Crippen molar-refractivity contribution in [2.24, 2.45) is 7.05 Å². The van der Waals surface area contributed by atoms with Gasteiger partial charge < -0.3 is 19.9 Å². The molecule has 0 saturated heterocycles. The van der Waals surface area contributed by atoms with Crippen molar-refractivity contribution < 1.29 is 14.3 Å². The SMILES string of the molecule is COc1ccc(C)cc1NC(=O)CSc1nnc(CC(=O)Nc2ccc(C)cc2C)n1C. The Hall–Kier alpha value is -3.33. The summed E-state index contributed by atoms with van der Waals surface area (Å²) in [5.41, 5.74) is 4.57. The number of hydrogen-bond acceptors (Lipinski definition) is 6. The van der Waals surface area contributed by atoms with Gasteiger partial charge in [0.05, 0.1) is 25.0 Å². The van der Waals surface area contributed by atoms with E-state index in [2.05, 4.69) is 20.8 Å². The molecule has 2 N–H and O–H groups in total. The molecule has 0 atom stereocenters. The summed E-state index contributed by atoms with van der Waals surface area (Å²) in [6.45, 7) is 5.91. The largest absolute Gasteiger partial charge is 0.495 e. The zero-order valence-corrected chi connectivity index (χ0v) is 19.7. The first kappa shape index (κ1) is 23.3. The van der Waals surface area contributed by atoms with Crippen LogP contribution in [0.25, 0.3) is 0 Å². The second-order valence-corrected chi connectivity index (χ2v) is 8.48. The van der Waals surface area contributed by atoms with Gasteiger partial charge in [-0.05, 0) is 50.1 Å². The van der Waals surface area contributed by atoms with E-state index in [1.807, 2.05) is 57.2 Å². The highest BCUT2D eigenvalue weighted by Gasteiger charge is 2.16. The summed E-state index contributed by atoms with van der Waals surface area (Å²) < 4.78 is 7.02. The number of aryl methyl sites for hydroxylation is 3. The summed E-state index contributed by atoms with van der Waals surface area (Å²) in [4.78, 5) is 24.9. The van der Waals surface area contributed by atoms with Crippen molar-refractivity contribution in [3.05, 3.63) is 58.9 Å². The van der Waals surface area contributed by atoms with Gasteiger partial charge in [0.15, 0.2) is 5.16 Å². The van der Waals surface area contributed by atoms with E-state index in [-0.39, 0.29) is 24.0 Å². The van der Waals surface area contributed by atoms with E-state index in [0.29, 0.717) is 22.4 Å². The van der Waals surface area contributed by atoms with Crippen LogP contribution in [0.2, 0.25) is 0 Å². The van der Waals surface area contributed by atoms with E-state index in [4.69, 9.17) is 4.74 Å². The molecular formula is C23H27N5O3S. The van der Waals surface area contributed by atoms with Crippen molar-refractivity contribution >= 4 is 35.0 Å². The van der Waals surface area contributed by atoms with Gasteiger partial charge in [-0.1, -0.05) is 35.5 Å². The summed E-state index contributed by atoms with van der Waals surface area (Å²) in [7, 11) is 3.34. The monoisotopic (exact) mass is 453 g/mol. The first-order valence-corrected chi connectivity index (χ1v) is 11.1. The molecule has 9 heteroatoms. The number of amides is 2. The fourth-order valence-electron chi connectivity index (χ4n) is 3.15. The average molecular weight is 454 g/mol. The fourth-order valence-corrected chi connectivity index (χ4v) is 3.88. The summed E-state index contributed by atoms with van der Waals surface area (Å²) in [5, 5.41) is 14.6. The molecule has 0 aliphatic rings. The van der Waals surface area contributed by atoms with Gasteiger partial charge in [0.2, 0.25) is 11.8 Å². The number of aromatic nitrogens is 3. The predicted molar refractivity (Wildman–Crippen MR) is 126 cm³/mol. The Bertz CT molecular complexity index is 1140. The van der Waals surface area contributed by atoms with E-state index in [1.165, 1.54) is 11.8 Å². The second kappa shape index (κ2) is 10.3.